The Labute approximate surface area is 182 Å². The lowest BCUT2D eigenvalue weighted by atomic mass is 10.3. The molecular weight excluding hydrogens is 422 g/mol. The highest BCUT2D eigenvalue weighted by Gasteiger charge is 2.11. The number of rotatable bonds is 7. The van der Waals surface area contributed by atoms with Crippen molar-refractivity contribution in [1.29, 1.82) is 0 Å². The summed E-state index contributed by atoms with van der Waals surface area (Å²) in [6.07, 6.45) is 0. The van der Waals surface area contributed by atoms with Gasteiger partial charge in [0.05, 0.1) is 11.4 Å². The summed E-state index contributed by atoms with van der Waals surface area (Å²) in [4.78, 5) is 28.8. The minimum atomic E-state index is -0.349. The van der Waals surface area contributed by atoms with E-state index in [0.717, 1.165) is 4.57 Å². The Balaban J connectivity index is 1.40. The molecule has 9 heteroatoms. The van der Waals surface area contributed by atoms with Crippen molar-refractivity contribution >= 4 is 28.8 Å². The molecule has 0 radical (unpaired) electrons. The van der Waals surface area contributed by atoms with E-state index in [4.69, 9.17) is 25.6 Å². The van der Waals surface area contributed by atoms with Crippen LogP contribution in [0.5, 0.6) is 11.5 Å². The number of para-hydroxylation sites is 2. The Kier molecular flexibility index (Phi) is 5.90. The monoisotopic (exact) mass is 439 g/mol. The molecule has 1 N–H and O–H groups in total. The van der Waals surface area contributed by atoms with Crippen molar-refractivity contribution in [2.24, 2.45) is 0 Å². The lowest BCUT2D eigenvalue weighted by Gasteiger charge is -2.12. The van der Waals surface area contributed by atoms with Crippen LogP contribution in [0.2, 0.25) is 5.02 Å². The molecule has 0 aliphatic heterocycles. The number of benzene rings is 2. The number of carbonyl (C=O) groups excluding carboxylic acids is 1. The highest BCUT2D eigenvalue weighted by Crippen LogP contribution is 2.24. The van der Waals surface area contributed by atoms with E-state index in [1.165, 1.54) is 6.07 Å². The molecule has 2 aromatic carbocycles. The Hall–Kier alpha value is -3.78. The molecule has 0 saturated carbocycles. The molecule has 31 heavy (non-hydrogen) atoms. The number of anilines is 1. The van der Waals surface area contributed by atoms with Gasteiger partial charge in [-0.15, -0.1) is 4.57 Å². The average molecular weight is 440 g/mol. The summed E-state index contributed by atoms with van der Waals surface area (Å²) in [5.41, 5.74) is 0.990. The molecule has 4 rings (SSSR count). The van der Waals surface area contributed by atoms with E-state index in [2.05, 4.69) is 10.3 Å². The molecule has 0 unspecified atom stereocenters. The van der Waals surface area contributed by atoms with Crippen LogP contribution in [-0.2, 0) is 11.4 Å². The zero-order chi connectivity index (χ0) is 21.8. The summed E-state index contributed by atoms with van der Waals surface area (Å²) in [7, 11) is 0. The van der Waals surface area contributed by atoms with Crippen LogP contribution >= 0.6 is 11.6 Å². The molecule has 0 saturated heterocycles. The number of aromatic nitrogens is 2. The Morgan fingerprint density at radius 1 is 1.13 bits per heavy atom. The summed E-state index contributed by atoms with van der Waals surface area (Å²) in [5.74, 6) is 1.20. The van der Waals surface area contributed by atoms with Crippen molar-refractivity contribution in [2.75, 3.05) is 11.9 Å². The van der Waals surface area contributed by atoms with Crippen LogP contribution in [0.25, 0.3) is 5.65 Å². The molecule has 0 spiro atoms. The number of amides is 1. The highest BCUT2D eigenvalue weighted by molar-refractivity contribution is 6.30. The van der Waals surface area contributed by atoms with Gasteiger partial charge in [0.2, 0.25) is 0 Å². The number of carbonyl (C=O) groups is 1. The topological polar surface area (TPSA) is 95.1 Å². The quantitative estimate of drug-likeness (QED) is 0.470. The number of ether oxygens (including phenoxy) is 2. The molecule has 0 atom stereocenters. The van der Waals surface area contributed by atoms with Crippen molar-refractivity contribution in [3.63, 3.8) is 0 Å². The highest BCUT2D eigenvalue weighted by atomic mass is 35.5. The minimum absolute atomic E-state index is 0.0458. The zero-order valence-electron chi connectivity index (χ0n) is 16.5. The van der Waals surface area contributed by atoms with Gasteiger partial charge >= 0.3 is 0 Å². The molecule has 0 aliphatic carbocycles. The number of hydrogen-bond donors (Lipinski definition) is 1. The first-order valence-corrected chi connectivity index (χ1v) is 9.75. The number of halogens is 1. The zero-order valence-corrected chi connectivity index (χ0v) is 17.3. The molecule has 2 heterocycles. The van der Waals surface area contributed by atoms with E-state index in [-0.39, 0.29) is 24.7 Å². The van der Waals surface area contributed by atoms with Gasteiger partial charge < -0.3 is 19.3 Å². The third kappa shape index (κ3) is 5.04. The van der Waals surface area contributed by atoms with Crippen LogP contribution in [0.4, 0.5) is 5.69 Å². The number of fused-ring (bicyclic) bond motifs is 1. The Morgan fingerprint density at radius 2 is 1.90 bits per heavy atom. The van der Waals surface area contributed by atoms with E-state index in [9.17, 15) is 9.59 Å². The standard InChI is InChI=1S/C22H18ClN3O5/c1-14-10-20-24-16(11-22(28)26(20)31-14)12-30-19-5-3-2-4-18(19)25-21(27)13-29-17-8-6-15(23)7-9-17/h2-11H,12-13H2,1H3,(H,25,27). The molecule has 1 amide bonds. The summed E-state index contributed by atoms with van der Waals surface area (Å²) in [6.45, 7) is 1.61. The number of hydrogen-bond acceptors (Lipinski definition) is 6. The predicted octanol–water partition coefficient (Wildman–Crippen LogP) is 3.85. The first kappa shape index (κ1) is 20.5. The van der Waals surface area contributed by atoms with Crippen molar-refractivity contribution in [3.8, 4) is 11.5 Å². The van der Waals surface area contributed by atoms with E-state index in [0.29, 0.717) is 39.3 Å². The maximum Gasteiger partial charge on any atom is 0.287 e. The Bertz CT molecular complexity index is 1280. The fourth-order valence-electron chi connectivity index (χ4n) is 2.86. The maximum atomic E-state index is 12.3. The van der Waals surface area contributed by atoms with Crippen molar-refractivity contribution < 1.29 is 18.8 Å². The lowest BCUT2D eigenvalue weighted by Crippen LogP contribution is -2.20. The second-order valence-corrected chi connectivity index (χ2v) is 7.10. The smallest absolute Gasteiger partial charge is 0.287 e. The second-order valence-electron chi connectivity index (χ2n) is 6.66. The molecule has 158 valence electrons. The summed E-state index contributed by atoms with van der Waals surface area (Å²) in [6, 6.07) is 16.7. The second kappa shape index (κ2) is 8.93. The first-order chi connectivity index (χ1) is 15.0. The van der Waals surface area contributed by atoms with Gasteiger partial charge in [-0.25, -0.2) is 4.98 Å². The van der Waals surface area contributed by atoms with E-state index in [1.807, 2.05) is 0 Å². The molecular formula is C22H18ClN3O5. The number of nitrogens with one attached hydrogen (secondary N) is 1. The van der Waals surface area contributed by atoms with Crippen LogP contribution in [-0.4, -0.2) is 22.1 Å². The van der Waals surface area contributed by atoms with E-state index >= 15 is 0 Å². The van der Waals surface area contributed by atoms with Gasteiger partial charge in [0.25, 0.3) is 11.5 Å². The van der Waals surface area contributed by atoms with Crippen LogP contribution < -0.4 is 20.3 Å². The largest absolute Gasteiger partial charge is 0.485 e. The van der Waals surface area contributed by atoms with Crippen LogP contribution in [0.15, 0.2) is 70.0 Å². The summed E-state index contributed by atoms with van der Waals surface area (Å²) < 4.78 is 17.6. The molecule has 0 aliphatic rings. The van der Waals surface area contributed by atoms with Crippen LogP contribution in [0, 0.1) is 6.92 Å². The fraction of sp³-hybridized carbons (Fsp3) is 0.136. The van der Waals surface area contributed by atoms with E-state index in [1.54, 1.807) is 61.5 Å². The first-order valence-electron chi connectivity index (χ1n) is 9.37. The third-order valence-corrected chi connectivity index (χ3v) is 4.50. The predicted molar refractivity (Wildman–Crippen MR) is 115 cm³/mol. The minimum Gasteiger partial charge on any atom is -0.485 e. The van der Waals surface area contributed by atoms with Gasteiger partial charge in [0.15, 0.2) is 12.3 Å². The number of nitrogens with zero attached hydrogens (tertiary/aromatic N) is 2. The van der Waals surface area contributed by atoms with Gasteiger partial charge in [0, 0.05) is 17.2 Å². The van der Waals surface area contributed by atoms with Gasteiger partial charge in [-0.1, -0.05) is 23.7 Å². The summed E-state index contributed by atoms with van der Waals surface area (Å²) in [5, 5.41) is 3.34. The maximum absolute atomic E-state index is 12.3. The Morgan fingerprint density at radius 3 is 2.71 bits per heavy atom. The lowest BCUT2D eigenvalue weighted by molar-refractivity contribution is -0.118. The van der Waals surface area contributed by atoms with E-state index < -0.39 is 0 Å². The normalized spacial score (nSPS) is 10.8. The molecule has 0 fully saturated rings. The van der Waals surface area contributed by atoms with Gasteiger partial charge in [0.1, 0.15) is 23.9 Å². The molecule has 8 nitrogen and oxygen atoms in total. The SMILES string of the molecule is Cc1cc2nc(COc3ccccc3NC(=O)COc3ccc(Cl)cc3)cc(=O)n2o1. The molecule has 4 aromatic rings. The fourth-order valence-corrected chi connectivity index (χ4v) is 2.99. The van der Waals surface area contributed by atoms with Gasteiger partial charge in [-0.3, -0.25) is 9.59 Å². The van der Waals surface area contributed by atoms with Crippen molar-refractivity contribution in [2.45, 2.75) is 13.5 Å². The van der Waals surface area contributed by atoms with Crippen LogP contribution in [0.3, 0.4) is 0 Å². The van der Waals surface area contributed by atoms with Crippen LogP contribution in [0.1, 0.15) is 11.5 Å². The van der Waals surface area contributed by atoms with Gasteiger partial charge in [-0.2, -0.15) is 0 Å². The van der Waals surface area contributed by atoms with Crippen molar-refractivity contribution in [3.05, 3.63) is 87.5 Å². The number of aryl methyl sites for hydroxylation is 1. The van der Waals surface area contributed by atoms with Gasteiger partial charge in [-0.05, 0) is 43.3 Å². The molecule has 0 bridgehead atoms. The molecule has 2 aromatic heterocycles. The average Bonchev–Trinajstić information content (AvgIpc) is 3.13. The summed E-state index contributed by atoms with van der Waals surface area (Å²) >= 11 is 5.84. The third-order valence-electron chi connectivity index (χ3n) is 4.24. The van der Waals surface area contributed by atoms with Crippen molar-refractivity contribution in [1.82, 2.24) is 9.56 Å².